The summed E-state index contributed by atoms with van der Waals surface area (Å²) in [6.45, 7) is 4.72. The van der Waals surface area contributed by atoms with Crippen LogP contribution < -0.4 is 5.32 Å². The van der Waals surface area contributed by atoms with Crippen LogP contribution in [0.25, 0.3) is 0 Å². The van der Waals surface area contributed by atoms with Crippen molar-refractivity contribution in [1.82, 2.24) is 5.32 Å². The van der Waals surface area contributed by atoms with Crippen molar-refractivity contribution < 1.29 is 23.8 Å². The Morgan fingerprint density at radius 3 is 2.61 bits per heavy atom. The number of carbonyl (C=O) groups is 1. The lowest BCUT2D eigenvalue weighted by molar-refractivity contribution is -0.135. The van der Waals surface area contributed by atoms with Gasteiger partial charge in [-0.2, -0.15) is 0 Å². The highest BCUT2D eigenvalue weighted by molar-refractivity contribution is 5.80. The summed E-state index contributed by atoms with van der Waals surface area (Å²) >= 11 is 0. The average molecular weight is 325 g/mol. The molecule has 5 nitrogen and oxygen atoms in total. The molecule has 1 heterocycles. The lowest BCUT2D eigenvalue weighted by Gasteiger charge is -2.25. The summed E-state index contributed by atoms with van der Waals surface area (Å²) in [5, 5.41) is 12.7. The van der Waals surface area contributed by atoms with Gasteiger partial charge in [-0.25, -0.2) is 4.39 Å². The van der Waals surface area contributed by atoms with E-state index in [1.807, 2.05) is 13.8 Å². The van der Waals surface area contributed by atoms with E-state index in [1.165, 1.54) is 6.07 Å². The van der Waals surface area contributed by atoms with Gasteiger partial charge in [-0.3, -0.25) is 4.79 Å². The summed E-state index contributed by atoms with van der Waals surface area (Å²) in [6, 6.07) is 5.83. The van der Waals surface area contributed by atoms with E-state index in [1.54, 1.807) is 18.2 Å². The Morgan fingerprint density at radius 1 is 1.35 bits per heavy atom. The summed E-state index contributed by atoms with van der Waals surface area (Å²) in [5.74, 6) is -0.633. The summed E-state index contributed by atoms with van der Waals surface area (Å²) in [4.78, 5) is 12.2. The molecule has 1 aromatic carbocycles. The van der Waals surface area contributed by atoms with Gasteiger partial charge in [0.15, 0.2) is 6.29 Å². The predicted octanol–water partition coefficient (Wildman–Crippen LogP) is 1.63. The van der Waals surface area contributed by atoms with E-state index in [4.69, 9.17) is 9.47 Å². The van der Waals surface area contributed by atoms with E-state index in [0.29, 0.717) is 25.2 Å². The molecule has 23 heavy (non-hydrogen) atoms. The van der Waals surface area contributed by atoms with Gasteiger partial charge in [-0.1, -0.05) is 32.0 Å². The minimum absolute atomic E-state index is 0.194. The van der Waals surface area contributed by atoms with Crippen molar-refractivity contribution in [3.8, 4) is 0 Å². The minimum atomic E-state index is -1.10. The Hall–Kier alpha value is -1.50. The lowest BCUT2D eigenvalue weighted by atomic mass is 10.0. The minimum Gasteiger partial charge on any atom is -0.383 e. The fraction of sp³-hybridized carbons (Fsp3) is 0.588. The maximum absolute atomic E-state index is 13.9. The van der Waals surface area contributed by atoms with Crippen LogP contribution in [0.3, 0.4) is 0 Å². The molecule has 0 spiro atoms. The molecule has 1 amide bonds. The first-order valence-corrected chi connectivity index (χ1v) is 7.92. The van der Waals surface area contributed by atoms with Crippen LogP contribution >= 0.6 is 0 Å². The van der Waals surface area contributed by atoms with Crippen LogP contribution in [0.5, 0.6) is 0 Å². The number of carbonyl (C=O) groups excluding carboxylic acids is 1. The lowest BCUT2D eigenvalue weighted by Crippen LogP contribution is -2.49. The second kappa shape index (κ2) is 8.38. The molecule has 0 saturated carbocycles. The molecule has 2 rings (SSSR count). The fourth-order valence-electron chi connectivity index (χ4n) is 2.56. The number of hydrogen-bond donors (Lipinski definition) is 2. The number of aliphatic hydroxyl groups is 1. The van der Waals surface area contributed by atoms with Crippen LogP contribution in [-0.4, -0.2) is 42.7 Å². The van der Waals surface area contributed by atoms with Gasteiger partial charge in [0.25, 0.3) is 0 Å². The molecule has 1 aliphatic heterocycles. The molecule has 1 aromatic rings. The monoisotopic (exact) mass is 325 g/mol. The third-order valence-corrected chi connectivity index (χ3v) is 3.70. The van der Waals surface area contributed by atoms with Crippen molar-refractivity contribution in [2.45, 2.75) is 45.1 Å². The summed E-state index contributed by atoms with van der Waals surface area (Å²) in [6.07, 6.45) is -1.13. The van der Waals surface area contributed by atoms with E-state index < -0.39 is 24.3 Å². The van der Waals surface area contributed by atoms with Crippen molar-refractivity contribution >= 4 is 5.91 Å². The molecule has 128 valence electrons. The van der Waals surface area contributed by atoms with Crippen LogP contribution in [0.4, 0.5) is 4.39 Å². The zero-order valence-electron chi connectivity index (χ0n) is 13.5. The average Bonchev–Trinajstić information content (AvgIpc) is 3.02. The highest BCUT2D eigenvalue weighted by Crippen LogP contribution is 2.16. The fourth-order valence-corrected chi connectivity index (χ4v) is 2.56. The van der Waals surface area contributed by atoms with Crippen LogP contribution in [0, 0.1) is 11.7 Å². The van der Waals surface area contributed by atoms with Gasteiger partial charge in [0.05, 0.1) is 19.3 Å². The van der Waals surface area contributed by atoms with E-state index in [0.717, 1.165) is 0 Å². The zero-order valence-corrected chi connectivity index (χ0v) is 13.5. The van der Waals surface area contributed by atoms with Crippen LogP contribution in [0.1, 0.15) is 25.8 Å². The van der Waals surface area contributed by atoms with E-state index in [-0.39, 0.29) is 18.2 Å². The van der Waals surface area contributed by atoms with Gasteiger partial charge in [-0.05, 0) is 24.0 Å². The first kappa shape index (κ1) is 17.8. The molecule has 1 unspecified atom stereocenters. The Bertz CT molecular complexity index is 517. The van der Waals surface area contributed by atoms with Crippen LogP contribution in [-0.2, 0) is 20.7 Å². The van der Waals surface area contributed by atoms with Crippen molar-refractivity contribution in [3.05, 3.63) is 35.6 Å². The second-order valence-electron chi connectivity index (χ2n) is 6.17. The zero-order chi connectivity index (χ0) is 16.8. The predicted molar refractivity (Wildman–Crippen MR) is 83.2 cm³/mol. The van der Waals surface area contributed by atoms with E-state index >= 15 is 0 Å². The number of hydrogen-bond acceptors (Lipinski definition) is 4. The van der Waals surface area contributed by atoms with Crippen molar-refractivity contribution in [2.75, 3.05) is 13.2 Å². The number of rotatable bonds is 7. The van der Waals surface area contributed by atoms with Gasteiger partial charge in [-0.15, -0.1) is 0 Å². The summed E-state index contributed by atoms with van der Waals surface area (Å²) < 4.78 is 24.8. The van der Waals surface area contributed by atoms with Crippen molar-refractivity contribution in [3.63, 3.8) is 0 Å². The quantitative estimate of drug-likeness (QED) is 0.800. The molecule has 2 atom stereocenters. The van der Waals surface area contributed by atoms with Gasteiger partial charge < -0.3 is 19.9 Å². The highest BCUT2D eigenvalue weighted by Gasteiger charge is 2.31. The van der Waals surface area contributed by atoms with E-state index in [2.05, 4.69) is 5.32 Å². The van der Waals surface area contributed by atoms with Crippen LogP contribution in [0.15, 0.2) is 24.3 Å². The Morgan fingerprint density at radius 2 is 2.00 bits per heavy atom. The molecule has 2 N–H and O–H groups in total. The summed E-state index contributed by atoms with van der Waals surface area (Å²) in [7, 11) is 0. The maximum Gasteiger partial charge on any atom is 0.249 e. The van der Waals surface area contributed by atoms with Crippen molar-refractivity contribution in [1.29, 1.82) is 0 Å². The Balaban J connectivity index is 2.05. The number of aliphatic hydroxyl groups excluding tert-OH is 1. The number of nitrogens with one attached hydrogen (secondary N) is 1. The molecule has 1 aliphatic rings. The molecule has 0 bridgehead atoms. The first-order valence-electron chi connectivity index (χ1n) is 7.92. The number of benzene rings is 1. The van der Waals surface area contributed by atoms with Gasteiger partial charge in [0.1, 0.15) is 11.9 Å². The highest BCUT2D eigenvalue weighted by atomic mass is 19.1. The van der Waals surface area contributed by atoms with E-state index in [9.17, 15) is 14.3 Å². The number of halogens is 1. The Kier molecular flexibility index (Phi) is 6.50. The molecule has 0 aromatic heterocycles. The van der Waals surface area contributed by atoms with Gasteiger partial charge >= 0.3 is 0 Å². The third-order valence-electron chi connectivity index (χ3n) is 3.70. The topological polar surface area (TPSA) is 67.8 Å². The molecule has 0 aliphatic carbocycles. The number of ether oxygens (including phenoxy) is 2. The van der Waals surface area contributed by atoms with Gasteiger partial charge in [0, 0.05) is 6.42 Å². The van der Waals surface area contributed by atoms with Crippen molar-refractivity contribution in [2.24, 2.45) is 5.92 Å². The van der Waals surface area contributed by atoms with Gasteiger partial charge in [0.2, 0.25) is 5.91 Å². The molecular formula is C17H24FNO4. The van der Waals surface area contributed by atoms with Crippen LogP contribution in [0.2, 0.25) is 0 Å². The molecule has 1 saturated heterocycles. The molecular weight excluding hydrogens is 301 g/mol. The first-order chi connectivity index (χ1) is 11.0. The Labute approximate surface area is 135 Å². The summed E-state index contributed by atoms with van der Waals surface area (Å²) in [5.41, 5.74) is 0.468. The standard InChI is InChI=1S/C17H24FNO4/c1-11(2)9-15(20)16(21)19-14(17-22-7-8-23-17)10-12-5-3-4-6-13(12)18/h3-6,11,14-15,17,20H,7-10H2,1-2H3,(H,19,21)/t14-,15?/m0/s1. The normalized spacial score (nSPS) is 18.1. The molecule has 1 fully saturated rings. The smallest absolute Gasteiger partial charge is 0.249 e. The second-order valence-corrected chi connectivity index (χ2v) is 6.17. The largest absolute Gasteiger partial charge is 0.383 e. The molecule has 6 heteroatoms. The number of amides is 1. The maximum atomic E-state index is 13.9. The molecule has 0 radical (unpaired) electrons. The third kappa shape index (κ3) is 5.27. The SMILES string of the molecule is CC(C)CC(O)C(=O)N[C@@H](Cc1ccccc1F)C1OCCO1.